The molecule has 3 rings (SSSR count). The fourth-order valence-corrected chi connectivity index (χ4v) is 4.12. The van der Waals surface area contributed by atoms with E-state index in [2.05, 4.69) is 12.2 Å². The van der Waals surface area contributed by atoms with Crippen LogP contribution in [0.5, 0.6) is 5.75 Å². The van der Waals surface area contributed by atoms with Gasteiger partial charge in [0.15, 0.2) is 5.96 Å². The summed E-state index contributed by atoms with van der Waals surface area (Å²) in [5.41, 5.74) is 1.35. The van der Waals surface area contributed by atoms with E-state index in [0.717, 1.165) is 28.2 Å². The zero-order valence-corrected chi connectivity index (χ0v) is 16.6. The summed E-state index contributed by atoms with van der Waals surface area (Å²) in [7, 11) is 1.61. The first-order valence-electron chi connectivity index (χ1n) is 8.49. The molecular weight excluding hydrogens is 370 g/mol. The number of carbonyl (C=O) groups is 1. The largest absolute Gasteiger partial charge is 0.493 e. The van der Waals surface area contributed by atoms with E-state index in [1.807, 2.05) is 36.6 Å². The third-order valence-corrected chi connectivity index (χ3v) is 5.90. The van der Waals surface area contributed by atoms with Crippen molar-refractivity contribution in [1.29, 1.82) is 5.41 Å². The Morgan fingerprint density at radius 3 is 2.88 bits per heavy atom. The number of amides is 1. The number of benzene rings is 1. The number of nitrogens with one attached hydrogen (secondary N) is 2. The highest BCUT2D eigenvalue weighted by Crippen LogP contribution is 2.40. The summed E-state index contributed by atoms with van der Waals surface area (Å²) in [6.45, 7) is 4.66. The molecular formula is C19H22ClN3O2S. The Kier molecular flexibility index (Phi) is 5.25. The number of nitrogens with zero attached hydrogens (tertiary/aromatic N) is 1. The molecule has 0 radical (unpaired) electrons. The second-order valence-corrected chi connectivity index (χ2v) is 7.97. The zero-order valence-electron chi connectivity index (χ0n) is 15.1. The van der Waals surface area contributed by atoms with Gasteiger partial charge in [0.05, 0.1) is 18.6 Å². The highest BCUT2D eigenvalue weighted by molar-refractivity contribution is 7.10. The molecule has 1 saturated heterocycles. The van der Waals surface area contributed by atoms with Crippen molar-refractivity contribution >= 4 is 34.8 Å². The van der Waals surface area contributed by atoms with Crippen LogP contribution in [-0.4, -0.2) is 30.4 Å². The van der Waals surface area contributed by atoms with Crippen molar-refractivity contribution in [2.75, 3.05) is 13.7 Å². The molecule has 1 aromatic heterocycles. The number of carbonyl (C=O) groups excluding carboxylic acids is 1. The Bertz CT molecular complexity index is 831. The predicted molar refractivity (Wildman–Crippen MR) is 106 cm³/mol. The topological polar surface area (TPSA) is 65.4 Å². The van der Waals surface area contributed by atoms with Crippen molar-refractivity contribution in [2.45, 2.75) is 32.2 Å². The summed E-state index contributed by atoms with van der Waals surface area (Å²) < 4.78 is 5.86. The second kappa shape index (κ2) is 7.29. The van der Waals surface area contributed by atoms with Crippen LogP contribution in [0.1, 0.15) is 31.6 Å². The first kappa shape index (κ1) is 18.7. The van der Waals surface area contributed by atoms with Crippen molar-refractivity contribution in [3.05, 3.63) is 39.5 Å². The number of rotatable bonds is 5. The van der Waals surface area contributed by atoms with E-state index in [-0.39, 0.29) is 11.9 Å². The van der Waals surface area contributed by atoms with Gasteiger partial charge in [-0.15, -0.1) is 11.3 Å². The summed E-state index contributed by atoms with van der Waals surface area (Å²) in [4.78, 5) is 14.5. The Morgan fingerprint density at radius 1 is 1.42 bits per heavy atom. The van der Waals surface area contributed by atoms with E-state index in [0.29, 0.717) is 18.1 Å². The minimum atomic E-state index is -0.591. The summed E-state index contributed by atoms with van der Waals surface area (Å²) in [6, 6.07) is 7.66. The Balaban J connectivity index is 1.94. The van der Waals surface area contributed by atoms with E-state index in [1.165, 1.54) is 4.90 Å². The maximum absolute atomic E-state index is 12.2. The minimum Gasteiger partial charge on any atom is -0.493 e. The molecule has 7 heteroatoms. The SMILES string of the molecule is CCCOc1ccc(Cl)cc1-c1csc([C@]2(C)CC(=O)N(C)C(=N)N2)c1. The van der Waals surface area contributed by atoms with E-state index in [9.17, 15) is 4.79 Å². The van der Waals surface area contributed by atoms with Crippen molar-refractivity contribution < 1.29 is 9.53 Å². The molecule has 0 aliphatic carbocycles. The standard InChI is InChI=1S/C19H22ClN3O2S/c1-4-7-25-15-6-5-13(20)9-14(15)12-8-16(26-11-12)19(2)10-17(24)23(3)18(21)22-19/h5-6,8-9,11H,4,7,10H2,1-3H3,(H2,21,22)/t19-/m0/s1. The van der Waals surface area contributed by atoms with Crippen LogP contribution in [0.15, 0.2) is 29.6 Å². The number of guanidine groups is 1. The van der Waals surface area contributed by atoms with Crippen molar-refractivity contribution in [3.8, 4) is 16.9 Å². The molecule has 2 N–H and O–H groups in total. The Labute approximate surface area is 162 Å². The average molecular weight is 392 g/mol. The molecule has 0 spiro atoms. The molecule has 1 aliphatic rings. The van der Waals surface area contributed by atoms with Gasteiger partial charge in [-0.3, -0.25) is 15.1 Å². The van der Waals surface area contributed by atoms with Gasteiger partial charge in [0, 0.05) is 22.5 Å². The number of halogens is 1. The summed E-state index contributed by atoms with van der Waals surface area (Å²) in [6.07, 6.45) is 1.23. The summed E-state index contributed by atoms with van der Waals surface area (Å²) in [5, 5.41) is 13.8. The quantitative estimate of drug-likeness (QED) is 0.790. The van der Waals surface area contributed by atoms with Crippen LogP contribution in [-0.2, 0) is 10.3 Å². The van der Waals surface area contributed by atoms with Crippen LogP contribution < -0.4 is 10.1 Å². The van der Waals surface area contributed by atoms with Gasteiger partial charge in [0.1, 0.15) is 5.75 Å². The molecule has 26 heavy (non-hydrogen) atoms. The van der Waals surface area contributed by atoms with E-state index >= 15 is 0 Å². The Morgan fingerprint density at radius 2 is 2.19 bits per heavy atom. The van der Waals surface area contributed by atoms with E-state index < -0.39 is 5.54 Å². The number of thiophene rings is 1. The molecule has 2 heterocycles. The normalized spacial score (nSPS) is 20.2. The van der Waals surface area contributed by atoms with Gasteiger partial charge in [0.2, 0.25) is 5.91 Å². The molecule has 1 aliphatic heterocycles. The molecule has 1 amide bonds. The second-order valence-electron chi connectivity index (χ2n) is 6.62. The predicted octanol–water partition coefficient (Wildman–Crippen LogP) is 4.46. The Hall–Kier alpha value is -2.05. The summed E-state index contributed by atoms with van der Waals surface area (Å²) in [5.74, 6) is 0.847. The molecule has 0 bridgehead atoms. The lowest BCUT2D eigenvalue weighted by molar-refractivity contribution is -0.129. The smallest absolute Gasteiger partial charge is 0.231 e. The molecule has 1 atom stereocenters. The lowest BCUT2D eigenvalue weighted by atomic mass is 9.92. The molecule has 138 valence electrons. The highest BCUT2D eigenvalue weighted by atomic mass is 35.5. The number of ether oxygens (including phenoxy) is 1. The lowest BCUT2D eigenvalue weighted by Gasteiger charge is -2.38. The van der Waals surface area contributed by atoms with Gasteiger partial charge >= 0.3 is 0 Å². The molecule has 0 unspecified atom stereocenters. The van der Waals surface area contributed by atoms with Crippen molar-refractivity contribution in [3.63, 3.8) is 0 Å². The molecule has 1 aromatic carbocycles. The van der Waals surface area contributed by atoms with Crippen LogP contribution in [0, 0.1) is 5.41 Å². The van der Waals surface area contributed by atoms with Gasteiger partial charge in [0.25, 0.3) is 0 Å². The van der Waals surface area contributed by atoms with Crippen LogP contribution in [0.4, 0.5) is 0 Å². The molecule has 2 aromatic rings. The maximum Gasteiger partial charge on any atom is 0.231 e. The first-order valence-corrected chi connectivity index (χ1v) is 9.75. The van der Waals surface area contributed by atoms with E-state index in [4.69, 9.17) is 21.7 Å². The lowest BCUT2D eigenvalue weighted by Crippen LogP contribution is -2.57. The summed E-state index contributed by atoms with van der Waals surface area (Å²) >= 11 is 7.76. The van der Waals surface area contributed by atoms with Crippen LogP contribution in [0.3, 0.4) is 0 Å². The van der Waals surface area contributed by atoms with Gasteiger partial charge in [-0.05, 0) is 48.6 Å². The fourth-order valence-electron chi connectivity index (χ4n) is 2.92. The molecule has 5 nitrogen and oxygen atoms in total. The molecule has 0 saturated carbocycles. The third kappa shape index (κ3) is 3.57. The maximum atomic E-state index is 12.2. The van der Waals surface area contributed by atoms with Crippen LogP contribution in [0.2, 0.25) is 5.02 Å². The third-order valence-electron chi connectivity index (χ3n) is 4.47. The van der Waals surface area contributed by atoms with E-state index in [1.54, 1.807) is 18.4 Å². The highest BCUT2D eigenvalue weighted by Gasteiger charge is 2.39. The number of hydrogen-bond acceptors (Lipinski definition) is 4. The van der Waals surface area contributed by atoms with Gasteiger partial charge < -0.3 is 10.1 Å². The van der Waals surface area contributed by atoms with Gasteiger partial charge in [-0.2, -0.15) is 0 Å². The van der Waals surface area contributed by atoms with Gasteiger partial charge in [-0.25, -0.2) is 0 Å². The van der Waals surface area contributed by atoms with Crippen molar-refractivity contribution in [2.24, 2.45) is 0 Å². The first-order chi connectivity index (χ1) is 12.3. The molecule has 1 fully saturated rings. The van der Waals surface area contributed by atoms with Crippen LogP contribution in [0.25, 0.3) is 11.1 Å². The zero-order chi connectivity index (χ0) is 18.9. The van der Waals surface area contributed by atoms with Crippen LogP contribution >= 0.6 is 22.9 Å². The minimum absolute atomic E-state index is 0.0686. The van der Waals surface area contributed by atoms with Gasteiger partial charge in [-0.1, -0.05) is 18.5 Å². The fraction of sp³-hybridized carbons (Fsp3) is 0.368. The monoisotopic (exact) mass is 391 g/mol. The van der Waals surface area contributed by atoms with Crippen molar-refractivity contribution in [1.82, 2.24) is 10.2 Å². The number of hydrogen-bond donors (Lipinski definition) is 2. The average Bonchev–Trinajstić information content (AvgIpc) is 3.09.